The Morgan fingerprint density at radius 3 is 1.26 bits per heavy atom. The number of benzene rings is 3. The van der Waals surface area contributed by atoms with Crippen molar-refractivity contribution in [1.82, 2.24) is 0 Å². The largest absolute Gasteiger partial charge is 0.396 e. The van der Waals surface area contributed by atoms with Crippen molar-refractivity contribution in [1.29, 1.82) is 0 Å². The topological polar surface area (TPSA) is 38.7 Å². The molecule has 0 bridgehead atoms. The molecule has 3 aromatic carbocycles. The van der Waals surface area contributed by atoms with Crippen LogP contribution >= 0.6 is 22.2 Å². The van der Waals surface area contributed by atoms with Crippen LogP contribution in [0.2, 0.25) is 13.1 Å². The van der Waals surface area contributed by atoms with Crippen LogP contribution in [0.5, 0.6) is 0 Å². The third-order valence-corrected chi connectivity index (χ3v) is 10.1. The van der Waals surface area contributed by atoms with Crippen LogP contribution in [0.1, 0.15) is 16.7 Å². The first-order chi connectivity index (χ1) is 18.7. The molecule has 3 nitrogen and oxygen atoms in total. The second-order valence-corrected chi connectivity index (χ2v) is 21.5. The molecule has 3 aromatic rings. The van der Waals surface area contributed by atoms with Gasteiger partial charge in [-0.05, 0) is 42.5 Å². The molecule has 0 amide bonds. The lowest BCUT2D eigenvalue weighted by molar-refractivity contribution is 0.153. The fourth-order valence-electron chi connectivity index (χ4n) is 3.21. The molecule has 0 spiro atoms. The van der Waals surface area contributed by atoms with Gasteiger partial charge in [-0.3, -0.25) is 0 Å². The van der Waals surface area contributed by atoms with Crippen molar-refractivity contribution in [3.63, 3.8) is 0 Å². The van der Waals surface area contributed by atoms with E-state index in [1.807, 2.05) is 42.5 Å². The summed E-state index contributed by atoms with van der Waals surface area (Å²) in [7, 11) is -1.68. The van der Waals surface area contributed by atoms with Crippen LogP contribution in [0.4, 0.5) is 0 Å². The smallest absolute Gasteiger partial charge is 0.270 e. The van der Waals surface area contributed by atoms with Gasteiger partial charge in [0, 0.05) is 19.1 Å². The van der Waals surface area contributed by atoms with E-state index >= 15 is 0 Å². The number of aliphatic hydroxyl groups is 1. The minimum atomic E-state index is -1.92. The van der Waals surface area contributed by atoms with E-state index < -0.39 is 14.8 Å². The van der Waals surface area contributed by atoms with Crippen molar-refractivity contribution in [2.45, 2.75) is 32.4 Å². The molecule has 0 radical (unpaired) electrons. The maximum atomic E-state index is 8.52. The van der Waals surface area contributed by atoms with E-state index in [9.17, 15) is 0 Å². The Labute approximate surface area is 247 Å². The molecule has 0 saturated carbocycles. The first-order valence-electron chi connectivity index (χ1n) is 13.2. The van der Waals surface area contributed by atoms with Gasteiger partial charge in [-0.1, -0.05) is 109 Å². The Morgan fingerprint density at radius 1 is 0.641 bits per heavy atom. The van der Waals surface area contributed by atoms with Gasteiger partial charge in [0.05, 0.1) is 13.2 Å². The highest BCUT2D eigenvalue weighted by molar-refractivity contribution is 7.47. The lowest BCUT2D eigenvalue weighted by Crippen LogP contribution is -2.41. The van der Waals surface area contributed by atoms with Gasteiger partial charge in [-0.15, -0.1) is 35.3 Å². The Kier molecular flexibility index (Phi) is 18.8. The van der Waals surface area contributed by atoms with Gasteiger partial charge in [-0.25, -0.2) is 0 Å². The summed E-state index contributed by atoms with van der Waals surface area (Å²) in [6.07, 6.45) is 4.22. The maximum absolute atomic E-state index is 8.52. The van der Waals surface area contributed by atoms with Crippen molar-refractivity contribution in [3.8, 4) is 0 Å². The van der Waals surface area contributed by atoms with Gasteiger partial charge in [0.25, 0.3) is 6.69 Å². The van der Waals surface area contributed by atoms with Crippen LogP contribution < -0.4 is 0 Å². The minimum absolute atomic E-state index is 0.240. The Hall–Kier alpha value is -1.97. The normalized spacial score (nSPS) is 10.9. The number of halogens is 2. The quantitative estimate of drug-likeness (QED) is 0.116. The zero-order valence-electron chi connectivity index (χ0n) is 23.4. The molecule has 3 rings (SSSR count). The average Bonchev–Trinajstić information content (AvgIpc) is 2.96. The Bertz CT molecular complexity index is 966. The van der Waals surface area contributed by atoms with Gasteiger partial charge in [0.2, 0.25) is 0 Å². The molecule has 0 saturated heterocycles. The fourth-order valence-corrected chi connectivity index (χ4v) is 4.75. The third kappa shape index (κ3) is 18.9. The molecule has 7 heteroatoms. The summed E-state index contributed by atoms with van der Waals surface area (Å²) in [5, 5.41) is 8.52. The molecule has 212 valence electrons. The van der Waals surface area contributed by atoms with Crippen molar-refractivity contribution in [2.75, 3.05) is 32.3 Å². The van der Waals surface area contributed by atoms with Crippen LogP contribution in [0.3, 0.4) is 0 Å². The summed E-state index contributed by atoms with van der Waals surface area (Å²) in [5.74, 6) is 0. The molecular weight excluding hydrogens is 559 g/mol. The second kappa shape index (κ2) is 20.9. The van der Waals surface area contributed by atoms with Gasteiger partial charge < -0.3 is 14.6 Å². The molecule has 0 aliphatic rings. The lowest BCUT2D eigenvalue weighted by Gasteiger charge is -2.23. The maximum Gasteiger partial charge on any atom is 0.270 e. The lowest BCUT2D eigenvalue weighted by atomic mass is 10.2. The highest BCUT2D eigenvalue weighted by Gasteiger charge is 2.24. The number of aliphatic hydroxyl groups excluding tert-OH is 1. The number of hydrogen-bond donors (Lipinski definition) is 1. The summed E-state index contributed by atoms with van der Waals surface area (Å²) in [6, 6.07) is 30.9. The molecule has 1 N–H and O–H groups in total. The molecule has 0 aliphatic heterocycles. The average molecular weight is 604 g/mol. The van der Waals surface area contributed by atoms with Gasteiger partial charge in [0.1, 0.15) is 8.07 Å². The highest BCUT2D eigenvalue weighted by Crippen LogP contribution is 2.13. The first kappa shape index (κ1) is 35.1. The first-order valence-corrected chi connectivity index (χ1v) is 20.8. The zero-order valence-corrected chi connectivity index (χ0v) is 26.9. The molecule has 0 heterocycles. The second-order valence-electron chi connectivity index (χ2n) is 9.55. The summed E-state index contributed by atoms with van der Waals surface area (Å²) in [6.45, 7) is 11.3. The molecule has 0 unspecified atom stereocenters. The van der Waals surface area contributed by atoms with Crippen LogP contribution in [-0.4, -0.2) is 52.2 Å². The van der Waals surface area contributed by atoms with E-state index in [1.165, 1.54) is 16.7 Å². The predicted octanol–water partition coefficient (Wildman–Crippen LogP) is 7.87. The van der Waals surface area contributed by atoms with Crippen LogP contribution in [0.25, 0.3) is 0 Å². The van der Waals surface area contributed by atoms with Crippen molar-refractivity contribution >= 4 is 36.9 Å². The number of ether oxygens (including phenoxy) is 2. The summed E-state index contributed by atoms with van der Waals surface area (Å²) in [4.78, 5) is 0. The van der Waals surface area contributed by atoms with E-state index in [2.05, 4.69) is 73.9 Å². The fraction of sp³-hybridized carbons (Fsp3) is 0.312. The Morgan fingerprint density at radius 2 is 0.974 bits per heavy atom. The van der Waals surface area contributed by atoms with Crippen molar-refractivity contribution < 1.29 is 14.6 Å². The summed E-state index contributed by atoms with van der Waals surface area (Å²) < 4.78 is 11.8. The van der Waals surface area contributed by atoms with E-state index in [4.69, 9.17) is 36.7 Å². The molecule has 0 fully saturated rings. The van der Waals surface area contributed by atoms with Crippen molar-refractivity contribution in [3.05, 3.63) is 132 Å². The standard InChI is InChI=1S/C21H28O2Si.C8H10O.C3H6Cl2Si/c1-3-24(2,18-22-16-14-20-10-6-4-7-11-20)19-23-17-15-21-12-8-5-9-13-21;9-7-6-8-4-2-1-3-5-8;1-3-6(2,4)5/h3-13H,1,14-19H2,2H3;1-5,9H,6-7H2;3H,1H2,2H3. The van der Waals surface area contributed by atoms with Gasteiger partial charge in [0.15, 0.2) is 0 Å². The highest BCUT2D eigenvalue weighted by atomic mass is 35.7. The van der Waals surface area contributed by atoms with Crippen LogP contribution in [-0.2, 0) is 28.7 Å². The van der Waals surface area contributed by atoms with Crippen LogP contribution in [0.15, 0.2) is 116 Å². The Balaban J connectivity index is 0.000000413. The molecule has 0 atom stereocenters. The van der Waals surface area contributed by atoms with E-state index in [0.717, 1.165) is 44.9 Å². The van der Waals surface area contributed by atoms with Crippen molar-refractivity contribution in [2.24, 2.45) is 0 Å². The molecule has 0 aliphatic carbocycles. The minimum Gasteiger partial charge on any atom is -0.396 e. The monoisotopic (exact) mass is 602 g/mol. The SMILES string of the molecule is C=C[Si](C)(COCCc1ccccc1)COCCc1ccccc1.C=C[Si](C)(Cl)Cl.OCCc1ccccc1. The number of hydrogen-bond acceptors (Lipinski definition) is 3. The molecule has 39 heavy (non-hydrogen) atoms. The molecular formula is C32H44Cl2O3Si2. The van der Waals surface area contributed by atoms with E-state index in [1.54, 1.807) is 12.2 Å². The summed E-state index contributed by atoms with van der Waals surface area (Å²) >= 11 is 11.0. The third-order valence-electron chi connectivity index (χ3n) is 5.71. The predicted molar refractivity (Wildman–Crippen MR) is 174 cm³/mol. The van der Waals surface area contributed by atoms with E-state index in [0.29, 0.717) is 0 Å². The van der Waals surface area contributed by atoms with E-state index in [-0.39, 0.29) is 6.61 Å². The molecule has 0 aromatic heterocycles. The van der Waals surface area contributed by atoms with Gasteiger partial charge in [-0.2, -0.15) is 0 Å². The zero-order chi connectivity index (χ0) is 28.8. The van der Waals surface area contributed by atoms with Gasteiger partial charge >= 0.3 is 0 Å². The van der Waals surface area contributed by atoms with Crippen LogP contribution in [0, 0.1) is 0 Å². The number of rotatable bonds is 14. The summed E-state index contributed by atoms with van der Waals surface area (Å²) in [5.41, 5.74) is 7.52.